The smallest absolute Gasteiger partial charge is 0.260 e. The van der Waals surface area contributed by atoms with Gasteiger partial charge < -0.3 is 10.2 Å². The summed E-state index contributed by atoms with van der Waals surface area (Å²) in [6.07, 6.45) is 2.24. The normalized spacial score (nSPS) is 16.9. The summed E-state index contributed by atoms with van der Waals surface area (Å²) in [7, 11) is 1.88. The summed E-state index contributed by atoms with van der Waals surface area (Å²) in [5.41, 5.74) is 3.29. The summed E-state index contributed by atoms with van der Waals surface area (Å²) in [6.45, 7) is 5.85. The molecule has 1 saturated heterocycles. The molecule has 1 aromatic carbocycles. The molecule has 0 unspecified atom stereocenters. The van der Waals surface area contributed by atoms with Gasteiger partial charge in [-0.2, -0.15) is 0 Å². The number of nitrogens with zero attached hydrogens (tertiary/aromatic N) is 7. The molecular formula is C28H29FN8O. The third kappa shape index (κ3) is 4.01. The van der Waals surface area contributed by atoms with Crippen LogP contribution in [0.25, 0.3) is 17.2 Å². The Morgan fingerprint density at radius 2 is 1.92 bits per heavy atom. The zero-order chi connectivity index (χ0) is 26.4. The monoisotopic (exact) mass is 512 g/mol. The van der Waals surface area contributed by atoms with Gasteiger partial charge in [-0.25, -0.2) is 14.4 Å². The molecular weight excluding hydrogens is 483 g/mol. The molecule has 1 atom stereocenters. The number of fused-ring (bicyclic) bond motifs is 1. The number of carbonyl (C=O) groups is 1. The van der Waals surface area contributed by atoms with Crippen molar-refractivity contribution in [3.63, 3.8) is 0 Å². The number of para-hydroxylation sites is 1. The van der Waals surface area contributed by atoms with Crippen LogP contribution in [0.2, 0.25) is 0 Å². The van der Waals surface area contributed by atoms with Crippen molar-refractivity contribution < 1.29 is 9.18 Å². The number of anilines is 2. The van der Waals surface area contributed by atoms with Crippen molar-refractivity contribution >= 4 is 17.5 Å². The van der Waals surface area contributed by atoms with E-state index in [2.05, 4.69) is 27.3 Å². The highest BCUT2D eigenvalue weighted by atomic mass is 19.1. The average molecular weight is 513 g/mol. The molecule has 0 saturated carbocycles. The number of pyridine rings is 2. The molecule has 4 aromatic rings. The zero-order valence-electron chi connectivity index (χ0n) is 21.6. The van der Waals surface area contributed by atoms with E-state index in [0.29, 0.717) is 53.5 Å². The van der Waals surface area contributed by atoms with Gasteiger partial charge in [0.2, 0.25) is 0 Å². The van der Waals surface area contributed by atoms with Crippen molar-refractivity contribution in [1.29, 1.82) is 0 Å². The van der Waals surface area contributed by atoms with Crippen LogP contribution >= 0.6 is 0 Å². The Balaban J connectivity index is 1.38. The Labute approximate surface area is 220 Å². The Bertz CT molecular complexity index is 1530. The van der Waals surface area contributed by atoms with Gasteiger partial charge in [-0.1, -0.05) is 18.2 Å². The minimum absolute atomic E-state index is 0.107. The molecule has 0 bridgehead atoms. The highest BCUT2D eigenvalue weighted by molar-refractivity contribution is 6.10. The first-order chi connectivity index (χ1) is 18.5. The fourth-order valence-electron chi connectivity index (χ4n) is 5.42. The van der Waals surface area contributed by atoms with E-state index < -0.39 is 0 Å². The molecule has 3 aromatic heterocycles. The SMILES string of the molecule is CNCc1nc(N2CCC[C@H]2C)cc2c1CN(c1cccc(-c3nnc(C)n3-c3ccccc3F)n1)C2=O. The van der Waals surface area contributed by atoms with E-state index in [4.69, 9.17) is 9.97 Å². The Morgan fingerprint density at radius 1 is 1.08 bits per heavy atom. The molecule has 194 valence electrons. The first kappa shape index (κ1) is 24.2. The maximum absolute atomic E-state index is 14.7. The number of amides is 1. The van der Waals surface area contributed by atoms with E-state index in [1.54, 1.807) is 46.7 Å². The summed E-state index contributed by atoms with van der Waals surface area (Å²) in [5.74, 6) is 1.80. The van der Waals surface area contributed by atoms with Crippen LogP contribution < -0.4 is 15.1 Å². The fourth-order valence-corrected chi connectivity index (χ4v) is 5.42. The van der Waals surface area contributed by atoms with Gasteiger partial charge in [0.05, 0.1) is 23.5 Å². The Kier molecular flexibility index (Phi) is 6.11. The molecule has 1 N–H and O–H groups in total. The Hall–Kier alpha value is -4.18. The van der Waals surface area contributed by atoms with Crippen LogP contribution in [0, 0.1) is 12.7 Å². The quantitative estimate of drug-likeness (QED) is 0.417. The van der Waals surface area contributed by atoms with E-state index in [9.17, 15) is 9.18 Å². The van der Waals surface area contributed by atoms with Crippen molar-refractivity contribution in [3.8, 4) is 17.2 Å². The van der Waals surface area contributed by atoms with Crippen molar-refractivity contribution in [2.24, 2.45) is 0 Å². The number of halogens is 1. The standard InChI is InChI=1S/C28H29FN8O/c1-17-8-7-13-35(17)26-14-19-20(23(32-26)15-30-3)16-36(28(19)38)25-12-6-10-22(31-25)27-34-33-18(2)37(27)24-11-5-4-9-21(24)29/h4-6,9-12,14,17,30H,7-8,13,15-16H2,1-3H3/t17-/m1/s1. The van der Waals surface area contributed by atoms with E-state index in [1.807, 2.05) is 19.2 Å². The summed E-state index contributed by atoms with van der Waals surface area (Å²) in [6, 6.07) is 14.2. The predicted octanol–water partition coefficient (Wildman–Crippen LogP) is 4.04. The summed E-state index contributed by atoms with van der Waals surface area (Å²) in [5, 5.41) is 11.7. The third-order valence-electron chi connectivity index (χ3n) is 7.34. The molecule has 0 radical (unpaired) electrons. The second-order valence-corrected chi connectivity index (χ2v) is 9.80. The van der Waals surface area contributed by atoms with E-state index in [0.717, 1.165) is 36.5 Å². The van der Waals surface area contributed by atoms with Crippen molar-refractivity contribution in [3.05, 3.63) is 77.0 Å². The van der Waals surface area contributed by atoms with Crippen LogP contribution in [0.15, 0.2) is 48.5 Å². The van der Waals surface area contributed by atoms with Crippen LogP contribution in [-0.4, -0.2) is 50.3 Å². The molecule has 2 aliphatic heterocycles. The van der Waals surface area contributed by atoms with E-state index in [-0.39, 0.29) is 11.7 Å². The maximum atomic E-state index is 14.7. The number of hydrogen-bond donors (Lipinski definition) is 1. The highest BCUT2D eigenvalue weighted by Gasteiger charge is 2.34. The second-order valence-electron chi connectivity index (χ2n) is 9.80. The number of hydrogen-bond acceptors (Lipinski definition) is 7. The lowest BCUT2D eigenvalue weighted by atomic mass is 10.1. The van der Waals surface area contributed by atoms with E-state index in [1.165, 1.54) is 6.07 Å². The average Bonchev–Trinajstić information content (AvgIpc) is 3.62. The summed E-state index contributed by atoms with van der Waals surface area (Å²) in [4.78, 5) is 27.4. The topological polar surface area (TPSA) is 92.1 Å². The number of benzene rings is 1. The molecule has 38 heavy (non-hydrogen) atoms. The van der Waals surface area contributed by atoms with Crippen LogP contribution in [0.1, 0.15) is 47.2 Å². The molecule has 9 nitrogen and oxygen atoms in total. The highest BCUT2D eigenvalue weighted by Crippen LogP contribution is 2.34. The van der Waals surface area contributed by atoms with Crippen molar-refractivity contribution in [2.45, 2.75) is 45.8 Å². The molecule has 2 aliphatic rings. The van der Waals surface area contributed by atoms with E-state index >= 15 is 0 Å². The first-order valence-corrected chi connectivity index (χ1v) is 12.9. The predicted molar refractivity (Wildman–Crippen MR) is 143 cm³/mol. The first-order valence-electron chi connectivity index (χ1n) is 12.9. The van der Waals surface area contributed by atoms with Gasteiger partial charge in [-0.05, 0) is 64.1 Å². The van der Waals surface area contributed by atoms with Gasteiger partial charge in [-0.15, -0.1) is 10.2 Å². The molecule has 0 spiro atoms. The number of nitrogens with one attached hydrogen (secondary N) is 1. The zero-order valence-corrected chi connectivity index (χ0v) is 21.6. The molecule has 10 heteroatoms. The van der Waals surface area contributed by atoms with Crippen LogP contribution in [0.4, 0.5) is 16.0 Å². The molecule has 0 aliphatic carbocycles. The summed E-state index contributed by atoms with van der Waals surface area (Å²) < 4.78 is 16.3. The van der Waals surface area contributed by atoms with Gasteiger partial charge in [0.25, 0.3) is 5.91 Å². The number of aromatic nitrogens is 5. The van der Waals surface area contributed by atoms with Crippen molar-refractivity contribution in [1.82, 2.24) is 30.0 Å². The van der Waals surface area contributed by atoms with Gasteiger partial charge in [-0.3, -0.25) is 14.3 Å². The van der Waals surface area contributed by atoms with Crippen molar-refractivity contribution in [2.75, 3.05) is 23.4 Å². The van der Waals surface area contributed by atoms with Gasteiger partial charge in [0.1, 0.15) is 29.0 Å². The molecule has 1 amide bonds. The number of carbonyl (C=O) groups excluding carboxylic acids is 1. The molecule has 5 heterocycles. The maximum Gasteiger partial charge on any atom is 0.260 e. The van der Waals surface area contributed by atoms with Crippen LogP contribution in [-0.2, 0) is 13.1 Å². The van der Waals surface area contributed by atoms with Gasteiger partial charge in [0.15, 0.2) is 5.82 Å². The Morgan fingerprint density at radius 3 is 2.68 bits per heavy atom. The largest absolute Gasteiger partial charge is 0.354 e. The van der Waals surface area contributed by atoms with Crippen LogP contribution in [0.5, 0.6) is 0 Å². The third-order valence-corrected chi connectivity index (χ3v) is 7.34. The van der Waals surface area contributed by atoms with Crippen LogP contribution in [0.3, 0.4) is 0 Å². The lowest BCUT2D eigenvalue weighted by Crippen LogP contribution is -2.28. The van der Waals surface area contributed by atoms with Gasteiger partial charge in [0, 0.05) is 24.7 Å². The summed E-state index contributed by atoms with van der Waals surface area (Å²) >= 11 is 0. The lowest BCUT2D eigenvalue weighted by Gasteiger charge is -2.24. The molecule has 6 rings (SSSR count). The second kappa shape index (κ2) is 9.60. The number of aryl methyl sites for hydroxylation is 1. The van der Waals surface area contributed by atoms with Gasteiger partial charge >= 0.3 is 0 Å². The lowest BCUT2D eigenvalue weighted by molar-refractivity contribution is 0.0996. The minimum atomic E-state index is -0.384. The number of rotatable bonds is 6. The molecule has 1 fully saturated rings. The fraction of sp³-hybridized carbons (Fsp3) is 0.321. The minimum Gasteiger partial charge on any atom is -0.354 e.